The molecule has 0 saturated heterocycles. The van der Waals surface area contributed by atoms with E-state index in [1.807, 2.05) is 22.6 Å². The Bertz CT molecular complexity index is 1070. The van der Waals surface area contributed by atoms with Gasteiger partial charge in [-0.15, -0.1) is 0 Å². The molecular weight excluding hydrogens is 272 g/mol. The third kappa shape index (κ3) is 1.21. The van der Waals surface area contributed by atoms with Gasteiger partial charge in [-0.1, -0.05) is 18.2 Å². The van der Waals surface area contributed by atoms with Gasteiger partial charge in [0.2, 0.25) is 11.9 Å². The Morgan fingerprint density at radius 3 is 1.81 bits per heavy atom. The zero-order valence-electron chi connectivity index (χ0n) is 10.6. The lowest BCUT2D eigenvalue weighted by molar-refractivity contribution is 0.586. The molecule has 0 atom stereocenters. The number of pyridine rings is 2. The highest BCUT2D eigenvalue weighted by molar-refractivity contribution is 6.22. The topological polar surface area (TPSA) is 30.2 Å². The summed E-state index contributed by atoms with van der Waals surface area (Å²) in [5.74, 6) is -1.02. The molecule has 0 unspecified atom stereocenters. The largest absolute Gasteiger partial charge is 0.305 e. The Kier molecular flexibility index (Phi) is 1.78. The number of aromatic nitrogens is 3. The van der Waals surface area contributed by atoms with Gasteiger partial charge in [0.1, 0.15) is 0 Å². The van der Waals surface area contributed by atoms with Crippen LogP contribution < -0.4 is 0 Å². The predicted octanol–water partition coefficient (Wildman–Crippen LogP) is 3.90. The van der Waals surface area contributed by atoms with Crippen LogP contribution in [-0.4, -0.2) is 14.4 Å². The molecule has 5 rings (SSSR count). The van der Waals surface area contributed by atoms with Gasteiger partial charge in [-0.05, 0) is 0 Å². The summed E-state index contributed by atoms with van der Waals surface area (Å²) in [5.41, 5.74) is 2.54. The van der Waals surface area contributed by atoms with E-state index in [2.05, 4.69) is 9.97 Å². The average Bonchev–Trinajstić information content (AvgIpc) is 2.98. The number of nitrogens with zero attached hydrogens (tertiary/aromatic N) is 3. The second kappa shape index (κ2) is 3.44. The quantitative estimate of drug-likeness (QED) is 0.402. The van der Waals surface area contributed by atoms with Gasteiger partial charge in [0.25, 0.3) is 0 Å². The number of benzene rings is 1. The monoisotopic (exact) mass is 279 g/mol. The Balaban J connectivity index is 2.22. The van der Waals surface area contributed by atoms with Crippen molar-refractivity contribution in [2.24, 2.45) is 0 Å². The van der Waals surface area contributed by atoms with Gasteiger partial charge >= 0.3 is 0 Å². The molecule has 0 N–H and O–H groups in total. The highest BCUT2D eigenvalue weighted by atomic mass is 19.1. The van der Waals surface area contributed by atoms with Crippen molar-refractivity contribution in [2.75, 3.05) is 0 Å². The number of para-hydroxylation sites is 1. The van der Waals surface area contributed by atoms with E-state index < -0.39 is 11.9 Å². The van der Waals surface area contributed by atoms with E-state index >= 15 is 0 Å². The summed E-state index contributed by atoms with van der Waals surface area (Å²) in [4.78, 5) is 7.49. The molecule has 0 bridgehead atoms. The first kappa shape index (κ1) is 10.9. The van der Waals surface area contributed by atoms with E-state index in [0.717, 1.165) is 38.1 Å². The molecule has 5 aromatic rings. The van der Waals surface area contributed by atoms with Crippen LogP contribution in [0.3, 0.4) is 0 Å². The van der Waals surface area contributed by atoms with Gasteiger partial charge in [-0.3, -0.25) is 0 Å². The number of halogens is 2. The van der Waals surface area contributed by atoms with E-state index in [-0.39, 0.29) is 0 Å². The van der Waals surface area contributed by atoms with Crippen molar-refractivity contribution in [3.05, 3.63) is 54.6 Å². The molecule has 5 heteroatoms. The van der Waals surface area contributed by atoms with Gasteiger partial charge in [0.05, 0.1) is 28.9 Å². The molecular formula is C16H7F2N3. The lowest BCUT2D eigenvalue weighted by Crippen LogP contribution is -1.86. The minimum absolute atomic E-state index is 0.509. The molecule has 0 saturated carbocycles. The van der Waals surface area contributed by atoms with Crippen molar-refractivity contribution in [3.8, 4) is 0 Å². The normalized spacial score (nSPS) is 12.3. The molecule has 0 aliphatic heterocycles. The van der Waals surface area contributed by atoms with E-state index in [1.165, 1.54) is 24.5 Å². The number of hydrogen-bond donors (Lipinski definition) is 0. The van der Waals surface area contributed by atoms with Crippen LogP contribution in [0.25, 0.3) is 38.1 Å². The zero-order chi connectivity index (χ0) is 14.1. The summed E-state index contributed by atoms with van der Waals surface area (Å²) in [7, 11) is 0. The van der Waals surface area contributed by atoms with Crippen molar-refractivity contribution in [1.82, 2.24) is 14.4 Å². The third-order valence-electron chi connectivity index (χ3n) is 4.02. The fourth-order valence-electron chi connectivity index (χ4n) is 3.22. The summed E-state index contributed by atoms with van der Waals surface area (Å²) >= 11 is 0. The summed E-state index contributed by atoms with van der Waals surface area (Å²) < 4.78 is 28.9. The van der Waals surface area contributed by atoms with Crippen LogP contribution in [0.2, 0.25) is 0 Å². The summed E-state index contributed by atoms with van der Waals surface area (Å²) in [6, 6.07) is 8.63. The molecule has 0 spiro atoms. The number of rotatable bonds is 0. The molecule has 0 fully saturated rings. The molecule has 0 amide bonds. The van der Waals surface area contributed by atoms with Gasteiger partial charge in [-0.25, -0.2) is 9.97 Å². The molecule has 0 aliphatic rings. The average molecular weight is 279 g/mol. The molecule has 100 valence electrons. The maximum Gasteiger partial charge on any atom is 0.213 e. The lowest BCUT2D eigenvalue weighted by atomic mass is 10.1. The smallest absolute Gasteiger partial charge is 0.213 e. The van der Waals surface area contributed by atoms with Crippen LogP contribution in [-0.2, 0) is 0 Å². The SMILES string of the molecule is Fc1cc2c3cccc4c5cc(F)ncc5n(c2cn1)c34. The van der Waals surface area contributed by atoms with Crippen LogP contribution in [0.15, 0.2) is 42.7 Å². The van der Waals surface area contributed by atoms with Crippen molar-refractivity contribution in [1.29, 1.82) is 0 Å². The molecule has 1 aromatic carbocycles. The zero-order valence-corrected chi connectivity index (χ0v) is 10.6. The first-order valence-electron chi connectivity index (χ1n) is 6.49. The van der Waals surface area contributed by atoms with E-state index in [9.17, 15) is 8.78 Å². The number of hydrogen-bond acceptors (Lipinski definition) is 2. The van der Waals surface area contributed by atoms with E-state index in [1.54, 1.807) is 0 Å². The number of fused-ring (bicyclic) bond motifs is 6. The van der Waals surface area contributed by atoms with Crippen LogP contribution in [0.1, 0.15) is 0 Å². The minimum atomic E-state index is -0.509. The van der Waals surface area contributed by atoms with E-state index in [0.29, 0.717) is 0 Å². The van der Waals surface area contributed by atoms with E-state index in [4.69, 9.17) is 0 Å². The Morgan fingerprint density at radius 1 is 0.762 bits per heavy atom. The maximum atomic E-state index is 13.5. The molecule has 21 heavy (non-hydrogen) atoms. The Labute approximate surface area is 116 Å². The highest BCUT2D eigenvalue weighted by Crippen LogP contribution is 2.38. The van der Waals surface area contributed by atoms with Crippen LogP contribution in [0, 0.1) is 11.9 Å². The maximum absolute atomic E-state index is 13.5. The molecule has 4 heterocycles. The molecule has 0 aliphatic carbocycles. The summed E-state index contributed by atoms with van der Waals surface area (Å²) in [5, 5.41) is 3.46. The highest BCUT2D eigenvalue weighted by Gasteiger charge is 2.18. The van der Waals surface area contributed by atoms with Crippen molar-refractivity contribution >= 4 is 38.1 Å². The summed E-state index contributed by atoms with van der Waals surface area (Å²) in [6.07, 6.45) is 3.01. The fourth-order valence-corrected chi connectivity index (χ4v) is 3.22. The van der Waals surface area contributed by atoms with Crippen molar-refractivity contribution < 1.29 is 8.78 Å². The van der Waals surface area contributed by atoms with Crippen molar-refractivity contribution in [3.63, 3.8) is 0 Å². The second-order valence-electron chi connectivity index (χ2n) is 5.09. The van der Waals surface area contributed by atoms with Gasteiger partial charge < -0.3 is 4.40 Å². The first-order valence-corrected chi connectivity index (χ1v) is 6.49. The van der Waals surface area contributed by atoms with Gasteiger partial charge in [0, 0.05) is 33.7 Å². The van der Waals surface area contributed by atoms with Gasteiger partial charge in [0.15, 0.2) is 0 Å². The van der Waals surface area contributed by atoms with Crippen molar-refractivity contribution in [2.45, 2.75) is 0 Å². The Hall–Kier alpha value is -2.82. The third-order valence-corrected chi connectivity index (χ3v) is 4.02. The lowest BCUT2D eigenvalue weighted by Gasteiger charge is -1.96. The van der Waals surface area contributed by atoms with Gasteiger partial charge in [-0.2, -0.15) is 8.78 Å². The van der Waals surface area contributed by atoms with Crippen LogP contribution in [0.5, 0.6) is 0 Å². The first-order chi connectivity index (χ1) is 10.2. The molecule has 4 aromatic heterocycles. The predicted molar refractivity (Wildman–Crippen MR) is 76.6 cm³/mol. The van der Waals surface area contributed by atoms with Crippen LogP contribution >= 0.6 is 0 Å². The fraction of sp³-hybridized carbons (Fsp3) is 0. The Morgan fingerprint density at radius 2 is 1.29 bits per heavy atom. The second-order valence-corrected chi connectivity index (χ2v) is 5.09. The molecule has 0 radical (unpaired) electrons. The minimum Gasteiger partial charge on any atom is -0.305 e. The van der Waals surface area contributed by atoms with Crippen LogP contribution in [0.4, 0.5) is 8.78 Å². The molecule has 3 nitrogen and oxygen atoms in total. The summed E-state index contributed by atoms with van der Waals surface area (Å²) in [6.45, 7) is 0. The standard InChI is InChI=1S/C16H7F2N3/c17-14-4-10-8-2-1-3-9-11-5-15(18)20-7-13(11)21(16(8)9)12(10)6-19-14/h1-7H.